The molecule has 0 aliphatic rings. The molecule has 1 aromatic carbocycles. The molecule has 0 aliphatic carbocycles. The van der Waals surface area contributed by atoms with E-state index in [0.29, 0.717) is 0 Å². The third-order valence-corrected chi connectivity index (χ3v) is 2.39. The Morgan fingerprint density at radius 3 is 2.57 bits per heavy atom. The van der Waals surface area contributed by atoms with Gasteiger partial charge in [-0.15, -0.1) is 0 Å². The number of nitrogens with one attached hydrogen (secondary N) is 1. The summed E-state index contributed by atoms with van der Waals surface area (Å²) in [7, 11) is 0. The second-order valence-electron chi connectivity index (χ2n) is 3.90. The Labute approximate surface area is 116 Å². The van der Waals surface area contributed by atoms with E-state index in [4.69, 9.17) is 11.0 Å². The normalized spacial score (nSPS) is 11.0. The van der Waals surface area contributed by atoms with Crippen LogP contribution in [0.5, 0.6) is 0 Å². The highest BCUT2D eigenvalue weighted by Gasteiger charge is 2.35. The lowest BCUT2D eigenvalue weighted by Crippen LogP contribution is -2.13. The highest BCUT2D eigenvalue weighted by Crippen LogP contribution is 2.29. The Morgan fingerprint density at radius 2 is 1.95 bits per heavy atom. The number of anilines is 3. The van der Waals surface area contributed by atoms with Gasteiger partial charge in [0.1, 0.15) is 29.1 Å². The summed E-state index contributed by atoms with van der Waals surface area (Å²) < 4.78 is 51.1. The average Bonchev–Trinajstić information content (AvgIpc) is 2.37. The first-order valence-corrected chi connectivity index (χ1v) is 5.48. The lowest BCUT2D eigenvalue weighted by molar-refractivity contribution is -0.144. The van der Waals surface area contributed by atoms with Gasteiger partial charge in [0.2, 0.25) is 5.82 Å². The van der Waals surface area contributed by atoms with Crippen LogP contribution in [0.2, 0.25) is 0 Å². The van der Waals surface area contributed by atoms with Crippen molar-refractivity contribution in [3.05, 3.63) is 41.5 Å². The molecular formula is C12H7F4N5. The van der Waals surface area contributed by atoms with Crippen molar-refractivity contribution in [3.8, 4) is 6.07 Å². The molecule has 0 radical (unpaired) electrons. The van der Waals surface area contributed by atoms with Gasteiger partial charge < -0.3 is 11.1 Å². The quantitative estimate of drug-likeness (QED) is 0.832. The highest BCUT2D eigenvalue weighted by molar-refractivity contribution is 5.65. The minimum atomic E-state index is -4.77. The molecule has 0 aliphatic heterocycles. The van der Waals surface area contributed by atoms with Crippen LogP contribution < -0.4 is 11.1 Å². The zero-order valence-electron chi connectivity index (χ0n) is 10.2. The smallest absolute Gasteiger partial charge is 0.384 e. The van der Waals surface area contributed by atoms with Gasteiger partial charge in [0, 0.05) is 6.07 Å². The van der Waals surface area contributed by atoms with Crippen LogP contribution in [-0.4, -0.2) is 9.97 Å². The molecule has 2 rings (SSSR count). The largest absolute Gasteiger partial charge is 0.451 e. The molecule has 0 atom stereocenters. The fraction of sp³-hybridized carbons (Fsp3) is 0.0833. The predicted molar refractivity (Wildman–Crippen MR) is 65.8 cm³/mol. The van der Waals surface area contributed by atoms with Crippen molar-refractivity contribution >= 4 is 17.3 Å². The Bertz CT molecular complexity index is 721. The number of nitrogen functional groups attached to an aromatic ring is 1. The minimum Gasteiger partial charge on any atom is -0.384 e. The van der Waals surface area contributed by atoms with E-state index in [1.165, 1.54) is 12.1 Å². The zero-order chi connectivity index (χ0) is 15.6. The van der Waals surface area contributed by atoms with E-state index >= 15 is 0 Å². The van der Waals surface area contributed by atoms with E-state index in [1.54, 1.807) is 6.07 Å². The van der Waals surface area contributed by atoms with E-state index < -0.39 is 23.6 Å². The molecule has 0 unspecified atom stereocenters. The molecule has 0 saturated heterocycles. The maximum absolute atomic E-state index is 13.4. The first kappa shape index (κ1) is 14.5. The molecule has 0 saturated carbocycles. The predicted octanol–water partition coefficient (Wildman–Crippen LogP) is 2.83. The molecule has 21 heavy (non-hydrogen) atoms. The average molecular weight is 297 g/mol. The number of benzene rings is 1. The first-order valence-electron chi connectivity index (χ1n) is 5.48. The summed E-state index contributed by atoms with van der Waals surface area (Å²) in [6.45, 7) is 0. The lowest BCUT2D eigenvalue weighted by Gasteiger charge is -2.11. The van der Waals surface area contributed by atoms with Crippen molar-refractivity contribution in [2.75, 3.05) is 11.1 Å². The zero-order valence-corrected chi connectivity index (χ0v) is 10.2. The van der Waals surface area contributed by atoms with Crippen molar-refractivity contribution in [1.29, 1.82) is 5.26 Å². The number of nitrogens with two attached hydrogens (primary N) is 1. The van der Waals surface area contributed by atoms with Gasteiger partial charge >= 0.3 is 6.18 Å². The number of hydrogen-bond acceptors (Lipinski definition) is 5. The molecule has 9 heteroatoms. The number of alkyl halides is 3. The summed E-state index contributed by atoms with van der Waals surface area (Å²) in [5.41, 5.74) is 4.91. The lowest BCUT2D eigenvalue weighted by atomic mass is 10.2. The standard InChI is InChI=1S/C12H7F4N5/c13-7-2-1-3-8(6(7)5-17)19-10-4-9(18)20-11(21-10)12(14,15)16/h1-4H,(H3,18,19,20,21). The van der Waals surface area contributed by atoms with Crippen LogP contribution in [0, 0.1) is 17.1 Å². The summed E-state index contributed by atoms with van der Waals surface area (Å²) in [5, 5.41) is 11.3. The van der Waals surface area contributed by atoms with Gasteiger partial charge in [0.15, 0.2) is 0 Å². The van der Waals surface area contributed by atoms with Crippen LogP contribution in [0.15, 0.2) is 24.3 Å². The number of halogens is 4. The molecule has 0 bridgehead atoms. The Kier molecular flexibility index (Phi) is 3.62. The fourth-order valence-electron chi connectivity index (χ4n) is 1.54. The van der Waals surface area contributed by atoms with Crippen molar-refractivity contribution in [2.24, 2.45) is 0 Å². The highest BCUT2D eigenvalue weighted by atomic mass is 19.4. The molecule has 1 aromatic heterocycles. The van der Waals surface area contributed by atoms with E-state index in [0.717, 1.165) is 12.1 Å². The molecule has 1 heterocycles. The molecule has 108 valence electrons. The topological polar surface area (TPSA) is 87.6 Å². The minimum absolute atomic E-state index is 0.0243. The van der Waals surface area contributed by atoms with Crippen molar-refractivity contribution < 1.29 is 17.6 Å². The summed E-state index contributed by atoms with van der Waals surface area (Å²) in [6.07, 6.45) is -4.77. The third-order valence-electron chi connectivity index (χ3n) is 2.39. The van der Waals surface area contributed by atoms with E-state index in [9.17, 15) is 17.6 Å². The van der Waals surface area contributed by atoms with Crippen LogP contribution in [0.1, 0.15) is 11.4 Å². The van der Waals surface area contributed by atoms with Gasteiger partial charge in [-0.25, -0.2) is 14.4 Å². The van der Waals surface area contributed by atoms with Crippen LogP contribution in [0.4, 0.5) is 34.9 Å². The summed E-state index contributed by atoms with van der Waals surface area (Å²) in [6, 6.07) is 6.33. The van der Waals surface area contributed by atoms with Crippen LogP contribution in [-0.2, 0) is 6.18 Å². The number of nitrogens with zero attached hydrogens (tertiary/aromatic N) is 3. The van der Waals surface area contributed by atoms with E-state index in [2.05, 4.69) is 15.3 Å². The van der Waals surface area contributed by atoms with Gasteiger partial charge in [-0.2, -0.15) is 18.4 Å². The molecule has 0 amide bonds. The SMILES string of the molecule is N#Cc1c(F)cccc1Nc1cc(N)nc(C(F)(F)F)n1. The molecule has 3 N–H and O–H groups in total. The second kappa shape index (κ2) is 5.24. The number of nitriles is 1. The maximum Gasteiger partial charge on any atom is 0.451 e. The van der Waals surface area contributed by atoms with Gasteiger partial charge in [-0.3, -0.25) is 0 Å². The van der Waals surface area contributed by atoms with Crippen LogP contribution in [0.25, 0.3) is 0 Å². The number of aromatic nitrogens is 2. The van der Waals surface area contributed by atoms with Gasteiger partial charge in [0.25, 0.3) is 0 Å². The monoisotopic (exact) mass is 297 g/mol. The van der Waals surface area contributed by atoms with Gasteiger partial charge in [-0.05, 0) is 12.1 Å². The third kappa shape index (κ3) is 3.17. The van der Waals surface area contributed by atoms with Crippen LogP contribution >= 0.6 is 0 Å². The molecule has 0 spiro atoms. The summed E-state index contributed by atoms with van der Waals surface area (Å²) in [4.78, 5) is 6.32. The van der Waals surface area contributed by atoms with Crippen molar-refractivity contribution in [2.45, 2.75) is 6.18 Å². The van der Waals surface area contributed by atoms with Gasteiger partial charge in [-0.1, -0.05) is 6.07 Å². The summed E-state index contributed by atoms with van der Waals surface area (Å²) in [5.74, 6) is -2.94. The Morgan fingerprint density at radius 1 is 1.24 bits per heavy atom. The molecule has 2 aromatic rings. The molecular weight excluding hydrogens is 290 g/mol. The number of rotatable bonds is 2. The first-order chi connectivity index (χ1) is 9.81. The Hall–Kier alpha value is -2.89. The molecule has 0 fully saturated rings. The second-order valence-corrected chi connectivity index (χ2v) is 3.90. The molecule has 5 nitrogen and oxygen atoms in total. The Balaban J connectivity index is 2.44. The van der Waals surface area contributed by atoms with Gasteiger partial charge in [0.05, 0.1) is 5.69 Å². The summed E-state index contributed by atoms with van der Waals surface area (Å²) >= 11 is 0. The maximum atomic E-state index is 13.4. The van der Waals surface area contributed by atoms with E-state index in [-0.39, 0.29) is 17.1 Å². The fourth-order valence-corrected chi connectivity index (χ4v) is 1.54. The van der Waals surface area contributed by atoms with E-state index in [1.807, 2.05) is 0 Å². The number of hydrogen-bond donors (Lipinski definition) is 2. The van der Waals surface area contributed by atoms with Crippen molar-refractivity contribution in [3.63, 3.8) is 0 Å². The van der Waals surface area contributed by atoms with Crippen LogP contribution in [0.3, 0.4) is 0 Å². The van der Waals surface area contributed by atoms with Crippen molar-refractivity contribution in [1.82, 2.24) is 9.97 Å².